The Morgan fingerprint density at radius 2 is 1.50 bits per heavy atom. The second-order valence-corrected chi connectivity index (χ2v) is 4.17. The first-order valence-electron chi connectivity index (χ1n) is 5.83. The minimum absolute atomic E-state index is 0.158. The van der Waals surface area contributed by atoms with E-state index < -0.39 is 0 Å². The van der Waals surface area contributed by atoms with Gasteiger partial charge in [-0.2, -0.15) is 0 Å². The molecule has 3 heteroatoms. The van der Waals surface area contributed by atoms with E-state index in [1.807, 2.05) is 24.3 Å². The smallest absolute Gasteiger partial charge is 0.160 e. The number of methoxy groups -OCH3 is 1. The summed E-state index contributed by atoms with van der Waals surface area (Å²) in [5, 5.41) is 18.7. The molecule has 18 heavy (non-hydrogen) atoms. The third kappa shape index (κ3) is 2.94. The van der Waals surface area contributed by atoms with Gasteiger partial charge in [0.25, 0.3) is 0 Å². The van der Waals surface area contributed by atoms with Crippen LogP contribution in [0.15, 0.2) is 42.5 Å². The average Bonchev–Trinajstić information content (AvgIpc) is 2.39. The van der Waals surface area contributed by atoms with Crippen molar-refractivity contribution >= 4 is 0 Å². The van der Waals surface area contributed by atoms with Gasteiger partial charge >= 0.3 is 0 Å². The van der Waals surface area contributed by atoms with Crippen molar-refractivity contribution in [3.05, 3.63) is 53.6 Å². The molecule has 94 valence electrons. The van der Waals surface area contributed by atoms with Crippen LogP contribution in [0.3, 0.4) is 0 Å². The fourth-order valence-electron chi connectivity index (χ4n) is 1.83. The van der Waals surface area contributed by atoms with Gasteiger partial charge in [-0.05, 0) is 48.2 Å². The van der Waals surface area contributed by atoms with Crippen molar-refractivity contribution in [3.63, 3.8) is 0 Å². The Morgan fingerprint density at radius 1 is 0.889 bits per heavy atom. The van der Waals surface area contributed by atoms with Crippen molar-refractivity contribution in [2.45, 2.75) is 12.8 Å². The molecule has 2 rings (SSSR count). The molecule has 0 aromatic heterocycles. The van der Waals surface area contributed by atoms with E-state index >= 15 is 0 Å². The van der Waals surface area contributed by atoms with E-state index in [4.69, 9.17) is 4.74 Å². The van der Waals surface area contributed by atoms with Crippen molar-refractivity contribution in [3.8, 4) is 17.2 Å². The van der Waals surface area contributed by atoms with Gasteiger partial charge in [0.15, 0.2) is 11.5 Å². The quantitative estimate of drug-likeness (QED) is 0.869. The molecule has 2 aromatic rings. The molecule has 0 aliphatic rings. The Hall–Kier alpha value is -2.16. The van der Waals surface area contributed by atoms with Gasteiger partial charge in [0, 0.05) is 0 Å². The number of ether oxygens (including phenoxy) is 1. The molecule has 3 nitrogen and oxygen atoms in total. The number of aromatic hydroxyl groups is 2. The van der Waals surface area contributed by atoms with Crippen LogP contribution in [0, 0.1) is 0 Å². The second kappa shape index (κ2) is 5.45. The molecule has 0 radical (unpaired) electrons. The molecule has 0 saturated carbocycles. The van der Waals surface area contributed by atoms with Crippen LogP contribution in [-0.4, -0.2) is 17.3 Å². The Bertz CT molecular complexity index is 518. The summed E-state index contributed by atoms with van der Waals surface area (Å²) in [7, 11) is 1.54. The van der Waals surface area contributed by atoms with E-state index in [-0.39, 0.29) is 11.5 Å². The van der Waals surface area contributed by atoms with Gasteiger partial charge in [-0.3, -0.25) is 0 Å². The van der Waals surface area contributed by atoms with Crippen molar-refractivity contribution in [1.82, 2.24) is 0 Å². The molecule has 0 aliphatic carbocycles. The summed E-state index contributed by atoms with van der Waals surface area (Å²) in [6.07, 6.45) is 1.75. The molecule has 0 spiro atoms. The molecule has 2 N–H and O–H groups in total. The zero-order valence-corrected chi connectivity index (χ0v) is 10.3. The Labute approximate surface area is 106 Å². The Kier molecular flexibility index (Phi) is 3.72. The highest BCUT2D eigenvalue weighted by atomic mass is 16.5. The molecule has 0 bridgehead atoms. The van der Waals surface area contributed by atoms with Gasteiger partial charge in [-0.1, -0.05) is 18.2 Å². The van der Waals surface area contributed by atoms with Crippen LogP contribution >= 0.6 is 0 Å². The van der Waals surface area contributed by atoms with Crippen LogP contribution in [0.4, 0.5) is 0 Å². The lowest BCUT2D eigenvalue weighted by atomic mass is 10.0. The fourth-order valence-corrected chi connectivity index (χ4v) is 1.83. The summed E-state index contributed by atoms with van der Waals surface area (Å²) in [5.41, 5.74) is 2.28. The number of benzene rings is 2. The van der Waals surface area contributed by atoms with Crippen LogP contribution in [-0.2, 0) is 12.8 Å². The number of phenolic OH excluding ortho intramolecular Hbond substituents is 2. The predicted octanol–water partition coefficient (Wildman–Crippen LogP) is 2.89. The van der Waals surface area contributed by atoms with E-state index in [0.29, 0.717) is 5.75 Å². The maximum Gasteiger partial charge on any atom is 0.160 e. The van der Waals surface area contributed by atoms with Crippen LogP contribution in [0.25, 0.3) is 0 Å². The topological polar surface area (TPSA) is 49.7 Å². The van der Waals surface area contributed by atoms with E-state index in [2.05, 4.69) is 0 Å². The molecular formula is C15H16O3. The highest BCUT2D eigenvalue weighted by molar-refractivity contribution is 5.42. The molecule has 0 aliphatic heterocycles. The van der Waals surface area contributed by atoms with Gasteiger partial charge in [-0.25, -0.2) is 0 Å². The monoisotopic (exact) mass is 244 g/mol. The minimum Gasteiger partial charge on any atom is -0.508 e. The van der Waals surface area contributed by atoms with Crippen molar-refractivity contribution in [2.75, 3.05) is 7.11 Å². The minimum atomic E-state index is 0.158. The lowest BCUT2D eigenvalue weighted by Crippen LogP contribution is -1.92. The Morgan fingerprint density at radius 3 is 2.17 bits per heavy atom. The van der Waals surface area contributed by atoms with Gasteiger partial charge in [0.2, 0.25) is 0 Å². The molecule has 0 amide bonds. The van der Waals surface area contributed by atoms with E-state index in [9.17, 15) is 10.2 Å². The normalized spacial score (nSPS) is 10.3. The summed E-state index contributed by atoms with van der Waals surface area (Å²) >= 11 is 0. The highest BCUT2D eigenvalue weighted by Crippen LogP contribution is 2.26. The van der Waals surface area contributed by atoms with Gasteiger partial charge in [0.1, 0.15) is 5.75 Å². The maximum absolute atomic E-state index is 9.50. The van der Waals surface area contributed by atoms with Crippen LogP contribution in [0.2, 0.25) is 0 Å². The number of rotatable bonds is 4. The molecule has 2 aromatic carbocycles. The van der Waals surface area contributed by atoms with Crippen molar-refractivity contribution < 1.29 is 14.9 Å². The largest absolute Gasteiger partial charge is 0.508 e. The summed E-state index contributed by atoms with van der Waals surface area (Å²) in [4.78, 5) is 0. The molecule has 0 atom stereocenters. The van der Waals surface area contributed by atoms with E-state index in [0.717, 1.165) is 18.4 Å². The lowest BCUT2D eigenvalue weighted by molar-refractivity contribution is 0.373. The molecule has 0 unspecified atom stereocenters. The summed E-state index contributed by atoms with van der Waals surface area (Å²) < 4.78 is 5.07. The second-order valence-electron chi connectivity index (χ2n) is 4.17. The first-order valence-corrected chi connectivity index (χ1v) is 5.83. The first-order chi connectivity index (χ1) is 8.69. The summed E-state index contributed by atoms with van der Waals surface area (Å²) in [5.74, 6) is 0.939. The maximum atomic E-state index is 9.50. The summed E-state index contributed by atoms with van der Waals surface area (Å²) in [6.45, 7) is 0. The van der Waals surface area contributed by atoms with Crippen LogP contribution < -0.4 is 4.74 Å². The number of hydrogen-bond donors (Lipinski definition) is 2. The third-order valence-corrected chi connectivity index (χ3v) is 2.88. The zero-order valence-electron chi connectivity index (χ0n) is 10.3. The number of hydrogen-bond acceptors (Lipinski definition) is 3. The van der Waals surface area contributed by atoms with E-state index in [1.165, 1.54) is 5.56 Å². The predicted molar refractivity (Wildman–Crippen MR) is 70.2 cm³/mol. The number of phenols is 2. The standard InChI is InChI=1S/C15H16O3/c1-18-15-10-12(6-9-14(15)17)3-2-11-4-7-13(16)8-5-11/h4-10,16-17H,2-3H2,1H3. The highest BCUT2D eigenvalue weighted by Gasteiger charge is 2.03. The Balaban J connectivity index is 2.04. The zero-order chi connectivity index (χ0) is 13.0. The van der Waals surface area contributed by atoms with Crippen LogP contribution in [0.1, 0.15) is 11.1 Å². The van der Waals surface area contributed by atoms with Crippen molar-refractivity contribution in [2.24, 2.45) is 0 Å². The third-order valence-electron chi connectivity index (χ3n) is 2.88. The van der Waals surface area contributed by atoms with Gasteiger partial charge in [0.05, 0.1) is 7.11 Å². The molecule has 0 saturated heterocycles. The molecule has 0 heterocycles. The molecule has 0 fully saturated rings. The molecular weight excluding hydrogens is 228 g/mol. The van der Waals surface area contributed by atoms with Crippen LogP contribution in [0.5, 0.6) is 17.2 Å². The number of aryl methyl sites for hydroxylation is 2. The fraction of sp³-hybridized carbons (Fsp3) is 0.200. The first kappa shape index (κ1) is 12.3. The van der Waals surface area contributed by atoms with Crippen molar-refractivity contribution in [1.29, 1.82) is 0 Å². The van der Waals surface area contributed by atoms with Gasteiger partial charge in [-0.15, -0.1) is 0 Å². The SMILES string of the molecule is COc1cc(CCc2ccc(O)cc2)ccc1O. The average molecular weight is 244 g/mol. The van der Waals surface area contributed by atoms with Gasteiger partial charge < -0.3 is 14.9 Å². The lowest BCUT2D eigenvalue weighted by Gasteiger charge is -2.07. The summed E-state index contributed by atoms with van der Waals surface area (Å²) in [6, 6.07) is 12.6. The van der Waals surface area contributed by atoms with E-state index in [1.54, 1.807) is 25.3 Å².